The molecule has 3 atom stereocenters. The fraction of sp³-hybridized carbons (Fsp3) is 0.667. The van der Waals surface area contributed by atoms with Gasteiger partial charge in [-0.15, -0.1) is 0 Å². The van der Waals surface area contributed by atoms with E-state index in [0.29, 0.717) is 6.04 Å². The molecular weight excluding hydrogens is 285 g/mol. The van der Waals surface area contributed by atoms with Gasteiger partial charge in [-0.2, -0.15) is 0 Å². The molecule has 2 bridgehead atoms. The Morgan fingerprint density at radius 1 is 1.38 bits per heavy atom. The fourth-order valence-electron chi connectivity index (χ4n) is 4.53. The van der Waals surface area contributed by atoms with Gasteiger partial charge in [-0.1, -0.05) is 44.0 Å². The monoisotopic (exact) mass is 309 g/mol. The minimum Gasteiger partial charge on any atom is -0.314 e. The van der Waals surface area contributed by atoms with Gasteiger partial charge < -0.3 is 5.32 Å². The molecule has 1 nitrogen and oxygen atoms in total. The van der Waals surface area contributed by atoms with Gasteiger partial charge in [0.1, 0.15) is 5.82 Å². The Morgan fingerprint density at radius 2 is 2.19 bits per heavy atom. The molecule has 2 aliphatic rings. The number of fused-ring (bicyclic) bond motifs is 2. The van der Waals surface area contributed by atoms with Crippen LogP contribution in [0.4, 0.5) is 4.39 Å². The Bertz CT molecular complexity index is 516. The average molecular weight is 310 g/mol. The molecular formula is C18H25ClFN. The Labute approximate surface area is 132 Å². The van der Waals surface area contributed by atoms with Crippen LogP contribution in [-0.4, -0.2) is 12.6 Å². The first-order chi connectivity index (χ1) is 10.00. The standard InChI is InChI=1S/C18H25ClFN/c1-12(2)21-11-18(9-13-6-7-15(18)8-13)10-14-4-3-5-16(19)17(14)20/h3-5,12-13,15,21H,6-11H2,1-2H3. The summed E-state index contributed by atoms with van der Waals surface area (Å²) in [7, 11) is 0. The molecule has 2 saturated carbocycles. The van der Waals surface area contributed by atoms with E-state index in [2.05, 4.69) is 19.2 Å². The third-order valence-electron chi connectivity index (χ3n) is 5.54. The Hall–Kier alpha value is -0.600. The smallest absolute Gasteiger partial charge is 0.144 e. The number of halogens is 2. The van der Waals surface area contributed by atoms with Gasteiger partial charge in [0.15, 0.2) is 0 Å². The lowest BCUT2D eigenvalue weighted by Gasteiger charge is -2.39. The largest absolute Gasteiger partial charge is 0.314 e. The van der Waals surface area contributed by atoms with Crippen molar-refractivity contribution in [1.29, 1.82) is 0 Å². The number of rotatable bonds is 5. The molecule has 2 fully saturated rings. The van der Waals surface area contributed by atoms with E-state index in [9.17, 15) is 4.39 Å². The lowest BCUT2D eigenvalue weighted by Crippen LogP contribution is -2.42. The zero-order valence-electron chi connectivity index (χ0n) is 13.0. The van der Waals surface area contributed by atoms with Crippen molar-refractivity contribution in [2.24, 2.45) is 17.3 Å². The fourth-order valence-corrected chi connectivity index (χ4v) is 4.72. The van der Waals surface area contributed by atoms with Crippen molar-refractivity contribution < 1.29 is 4.39 Å². The summed E-state index contributed by atoms with van der Waals surface area (Å²) in [6.07, 6.45) is 6.07. The summed E-state index contributed by atoms with van der Waals surface area (Å²) in [6, 6.07) is 5.90. The minimum absolute atomic E-state index is 0.217. The maximum atomic E-state index is 14.3. The Balaban J connectivity index is 1.84. The zero-order valence-corrected chi connectivity index (χ0v) is 13.7. The molecule has 3 heteroatoms. The van der Waals surface area contributed by atoms with Gasteiger partial charge in [0, 0.05) is 12.6 Å². The highest BCUT2D eigenvalue weighted by Gasteiger charge is 2.50. The normalized spacial score (nSPS) is 31.3. The predicted molar refractivity (Wildman–Crippen MR) is 86.1 cm³/mol. The summed E-state index contributed by atoms with van der Waals surface area (Å²) in [6.45, 7) is 5.36. The van der Waals surface area contributed by atoms with E-state index in [0.717, 1.165) is 30.4 Å². The van der Waals surface area contributed by atoms with Gasteiger partial charge in [0.25, 0.3) is 0 Å². The third-order valence-corrected chi connectivity index (χ3v) is 5.83. The highest BCUT2D eigenvalue weighted by atomic mass is 35.5. The van der Waals surface area contributed by atoms with E-state index in [4.69, 9.17) is 11.6 Å². The van der Waals surface area contributed by atoms with Crippen LogP contribution in [-0.2, 0) is 6.42 Å². The van der Waals surface area contributed by atoms with E-state index in [1.165, 1.54) is 25.7 Å². The highest BCUT2D eigenvalue weighted by Crippen LogP contribution is 2.57. The van der Waals surface area contributed by atoms with Gasteiger partial charge in [-0.05, 0) is 54.6 Å². The maximum Gasteiger partial charge on any atom is 0.144 e. The molecule has 0 spiro atoms. The molecule has 0 aromatic heterocycles. The van der Waals surface area contributed by atoms with Gasteiger partial charge >= 0.3 is 0 Å². The van der Waals surface area contributed by atoms with E-state index in [1.807, 2.05) is 12.1 Å². The predicted octanol–water partition coefficient (Wildman–Crippen LogP) is 4.83. The Morgan fingerprint density at radius 3 is 2.81 bits per heavy atom. The van der Waals surface area contributed by atoms with Crippen molar-refractivity contribution in [1.82, 2.24) is 5.32 Å². The van der Waals surface area contributed by atoms with Crippen LogP contribution in [0, 0.1) is 23.1 Å². The first kappa shape index (κ1) is 15.3. The summed E-state index contributed by atoms with van der Waals surface area (Å²) >= 11 is 5.96. The zero-order chi connectivity index (χ0) is 15.0. The third kappa shape index (κ3) is 2.98. The van der Waals surface area contributed by atoms with Crippen LogP contribution >= 0.6 is 11.6 Å². The van der Waals surface area contributed by atoms with Crippen LogP contribution < -0.4 is 5.32 Å². The van der Waals surface area contributed by atoms with Crippen LogP contribution in [0.25, 0.3) is 0 Å². The minimum atomic E-state index is -0.217. The summed E-state index contributed by atoms with van der Waals surface area (Å²) < 4.78 is 14.3. The van der Waals surface area contributed by atoms with Gasteiger partial charge in [-0.25, -0.2) is 4.39 Å². The quantitative estimate of drug-likeness (QED) is 0.821. The molecule has 1 N–H and O–H groups in total. The molecule has 0 heterocycles. The molecule has 3 unspecified atom stereocenters. The van der Waals surface area contributed by atoms with Crippen molar-refractivity contribution in [3.8, 4) is 0 Å². The van der Waals surface area contributed by atoms with Gasteiger partial charge in [0.2, 0.25) is 0 Å². The van der Waals surface area contributed by atoms with E-state index in [-0.39, 0.29) is 16.3 Å². The van der Waals surface area contributed by atoms with Crippen LogP contribution in [0.5, 0.6) is 0 Å². The number of benzene rings is 1. The van der Waals surface area contributed by atoms with Crippen molar-refractivity contribution in [3.63, 3.8) is 0 Å². The van der Waals surface area contributed by atoms with Crippen LogP contribution in [0.15, 0.2) is 18.2 Å². The lowest BCUT2D eigenvalue weighted by molar-refractivity contribution is 0.151. The molecule has 0 amide bonds. The van der Waals surface area contributed by atoms with E-state index >= 15 is 0 Å². The number of nitrogens with one attached hydrogen (secondary N) is 1. The topological polar surface area (TPSA) is 12.0 Å². The molecule has 116 valence electrons. The highest BCUT2D eigenvalue weighted by molar-refractivity contribution is 6.30. The molecule has 0 saturated heterocycles. The first-order valence-corrected chi connectivity index (χ1v) is 8.54. The second kappa shape index (κ2) is 5.89. The molecule has 1 aromatic carbocycles. The summed E-state index contributed by atoms with van der Waals surface area (Å²) in [5.74, 6) is 1.38. The van der Waals surface area contributed by atoms with Crippen LogP contribution in [0.3, 0.4) is 0 Å². The van der Waals surface area contributed by atoms with Crippen molar-refractivity contribution >= 4 is 11.6 Å². The van der Waals surface area contributed by atoms with Crippen LogP contribution in [0.1, 0.15) is 45.1 Å². The first-order valence-electron chi connectivity index (χ1n) is 8.16. The summed E-state index contributed by atoms with van der Waals surface area (Å²) in [5.41, 5.74) is 1.01. The SMILES string of the molecule is CC(C)NCC1(Cc2cccc(Cl)c2F)CC2CCC1C2. The van der Waals surface area contributed by atoms with Gasteiger partial charge in [0.05, 0.1) is 5.02 Å². The summed E-state index contributed by atoms with van der Waals surface area (Å²) in [5, 5.41) is 3.86. The molecule has 2 aliphatic carbocycles. The van der Waals surface area contributed by atoms with E-state index in [1.54, 1.807) is 6.07 Å². The molecule has 0 aliphatic heterocycles. The molecule has 1 aromatic rings. The summed E-state index contributed by atoms with van der Waals surface area (Å²) in [4.78, 5) is 0. The van der Waals surface area contributed by atoms with Crippen LogP contribution in [0.2, 0.25) is 5.02 Å². The second-order valence-electron chi connectivity index (χ2n) is 7.37. The van der Waals surface area contributed by atoms with Crippen molar-refractivity contribution in [3.05, 3.63) is 34.6 Å². The Kier molecular flexibility index (Phi) is 4.29. The van der Waals surface area contributed by atoms with Crippen molar-refractivity contribution in [2.45, 2.75) is 52.0 Å². The molecule has 21 heavy (non-hydrogen) atoms. The lowest BCUT2D eigenvalue weighted by atomic mass is 9.69. The number of hydrogen-bond acceptors (Lipinski definition) is 1. The van der Waals surface area contributed by atoms with Gasteiger partial charge in [-0.3, -0.25) is 0 Å². The molecule has 3 rings (SSSR count). The number of hydrogen-bond donors (Lipinski definition) is 1. The maximum absolute atomic E-state index is 14.3. The average Bonchev–Trinajstić information content (AvgIpc) is 3.03. The second-order valence-corrected chi connectivity index (χ2v) is 7.78. The molecule has 0 radical (unpaired) electrons. The van der Waals surface area contributed by atoms with E-state index < -0.39 is 0 Å². The van der Waals surface area contributed by atoms with Crippen molar-refractivity contribution in [2.75, 3.05) is 6.54 Å².